The van der Waals surface area contributed by atoms with Crippen LogP contribution >= 0.6 is 0 Å². The summed E-state index contributed by atoms with van der Waals surface area (Å²) in [6, 6.07) is 7.51. The van der Waals surface area contributed by atoms with E-state index in [1.54, 1.807) is 12.1 Å². The van der Waals surface area contributed by atoms with Crippen molar-refractivity contribution in [3.05, 3.63) is 64.2 Å². The van der Waals surface area contributed by atoms with Gasteiger partial charge in [-0.05, 0) is 55.7 Å². The van der Waals surface area contributed by atoms with Crippen molar-refractivity contribution in [2.24, 2.45) is 0 Å². The summed E-state index contributed by atoms with van der Waals surface area (Å²) in [6.45, 7) is 5.15. The highest BCUT2D eigenvalue weighted by Gasteiger charge is 2.21. The molecular weight excluding hydrogens is 262 g/mol. The van der Waals surface area contributed by atoms with Crippen LogP contribution in [0.2, 0.25) is 0 Å². The molecule has 0 saturated carbocycles. The van der Waals surface area contributed by atoms with Gasteiger partial charge in [0.25, 0.3) is 0 Å². The van der Waals surface area contributed by atoms with Crippen molar-refractivity contribution in [3.8, 4) is 5.75 Å². The lowest BCUT2D eigenvalue weighted by Gasteiger charge is -2.09. The molecule has 2 nitrogen and oxygen atoms in total. The smallest absolute Gasteiger partial charge is 0.349 e. The fraction of sp³-hybridized carbons (Fsp3) is 0.188. The Bertz CT molecular complexity index is 658. The van der Waals surface area contributed by atoms with Crippen LogP contribution < -0.4 is 4.74 Å². The Hall–Kier alpha value is -2.23. The maximum absolute atomic E-state index is 13.8. The molecule has 0 N–H and O–H groups in total. The van der Waals surface area contributed by atoms with Crippen LogP contribution in [0.25, 0.3) is 0 Å². The lowest BCUT2D eigenvalue weighted by Crippen LogP contribution is -2.14. The summed E-state index contributed by atoms with van der Waals surface area (Å²) in [5.41, 5.74) is 1.33. The van der Waals surface area contributed by atoms with E-state index in [4.69, 9.17) is 4.74 Å². The molecule has 2 aromatic rings. The molecule has 0 amide bonds. The zero-order valence-electron chi connectivity index (χ0n) is 11.5. The third-order valence-electron chi connectivity index (χ3n) is 2.89. The van der Waals surface area contributed by atoms with Crippen molar-refractivity contribution in [1.29, 1.82) is 0 Å². The number of aryl methyl sites for hydroxylation is 3. The first-order chi connectivity index (χ1) is 9.38. The van der Waals surface area contributed by atoms with Gasteiger partial charge in [0.1, 0.15) is 22.9 Å². The van der Waals surface area contributed by atoms with Gasteiger partial charge in [-0.2, -0.15) is 0 Å². The summed E-state index contributed by atoms with van der Waals surface area (Å²) in [6.07, 6.45) is 0. The molecule has 0 radical (unpaired) electrons. The number of halogens is 2. The number of carbonyl (C=O) groups is 1. The Kier molecular flexibility index (Phi) is 3.84. The summed E-state index contributed by atoms with van der Waals surface area (Å²) in [5, 5.41) is 0. The van der Waals surface area contributed by atoms with Crippen LogP contribution in [0.4, 0.5) is 8.78 Å². The van der Waals surface area contributed by atoms with Gasteiger partial charge in [-0.15, -0.1) is 0 Å². The quantitative estimate of drug-likeness (QED) is 0.609. The number of esters is 1. The molecule has 0 aliphatic rings. The average Bonchev–Trinajstić information content (AvgIpc) is 2.33. The minimum absolute atomic E-state index is 0.193. The molecule has 0 fully saturated rings. The third-order valence-corrected chi connectivity index (χ3v) is 2.89. The highest BCUT2D eigenvalue weighted by molar-refractivity contribution is 5.92. The van der Waals surface area contributed by atoms with E-state index < -0.39 is 23.2 Å². The lowest BCUT2D eigenvalue weighted by molar-refractivity contribution is 0.0724. The van der Waals surface area contributed by atoms with Gasteiger partial charge in [0.05, 0.1) is 0 Å². The second-order valence-electron chi connectivity index (χ2n) is 4.77. The molecule has 0 spiro atoms. The zero-order valence-corrected chi connectivity index (χ0v) is 11.5. The zero-order chi connectivity index (χ0) is 14.9. The summed E-state index contributed by atoms with van der Waals surface area (Å²) in [5.74, 6) is -2.58. The van der Waals surface area contributed by atoms with Crippen molar-refractivity contribution >= 4 is 5.97 Å². The van der Waals surface area contributed by atoms with Gasteiger partial charge in [-0.3, -0.25) is 0 Å². The fourth-order valence-electron chi connectivity index (χ4n) is 1.99. The largest absolute Gasteiger partial charge is 0.423 e. The standard InChI is InChI=1S/C16H14F2O2/c1-9-6-10(2)8-12(7-9)20-16(19)14-13(17)5-4-11(3)15(14)18/h4-8H,1-3H3. The molecule has 0 saturated heterocycles. The van der Waals surface area contributed by atoms with Crippen LogP contribution in [-0.4, -0.2) is 5.97 Å². The molecule has 0 aliphatic carbocycles. The SMILES string of the molecule is Cc1cc(C)cc(OC(=O)c2c(F)ccc(C)c2F)c1. The molecule has 20 heavy (non-hydrogen) atoms. The predicted octanol–water partition coefficient (Wildman–Crippen LogP) is 4.11. The van der Waals surface area contributed by atoms with E-state index in [0.29, 0.717) is 0 Å². The predicted molar refractivity (Wildman–Crippen MR) is 72.0 cm³/mol. The van der Waals surface area contributed by atoms with Gasteiger partial charge in [0, 0.05) is 0 Å². The van der Waals surface area contributed by atoms with Crippen molar-refractivity contribution in [1.82, 2.24) is 0 Å². The number of hydrogen-bond donors (Lipinski definition) is 0. The summed E-state index contributed by atoms with van der Waals surface area (Å²) < 4.78 is 32.5. The minimum atomic E-state index is -1.03. The monoisotopic (exact) mass is 276 g/mol. The molecule has 0 aliphatic heterocycles. The van der Waals surface area contributed by atoms with Gasteiger partial charge in [-0.1, -0.05) is 12.1 Å². The molecular formula is C16H14F2O2. The van der Waals surface area contributed by atoms with Crippen molar-refractivity contribution in [2.45, 2.75) is 20.8 Å². The van der Waals surface area contributed by atoms with E-state index in [1.807, 2.05) is 19.9 Å². The molecule has 0 aromatic heterocycles. The van der Waals surface area contributed by atoms with E-state index in [-0.39, 0.29) is 11.3 Å². The van der Waals surface area contributed by atoms with Gasteiger partial charge < -0.3 is 4.74 Å². The van der Waals surface area contributed by atoms with Crippen LogP contribution in [0.15, 0.2) is 30.3 Å². The summed E-state index contributed by atoms with van der Waals surface area (Å²) in [4.78, 5) is 11.9. The van der Waals surface area contributed by atoms with E-state index >= 15 is 0 Å². The Balaban J connectivity index is 2.35. The second kappa shape index (κ2) is 5.41. The Labute approximate surface area is 116 Å². The second-order valence-corrected chi connectivity index (χ2v) is 4.77. The Morgan fingerprint density at radius 2 is 1.60 bits per heavy atom. The van der Waals surface area contributed by atoms with Gasteiger partial charge >= 0.3 is 5.97 Å². The highest BCUT2D eigenvalue weighted by atomic mass is 19.1. The summed E-state index contributed by atoms with van der Waals surface area (Å²) in [7, 11) is 0. The topological polar surface area (TPSA) is 26.3 Å². The normalized spacial score (nSPS) is 10.4. The highest BCUT2D eigenvalue weighted by Crippen LogP contribution is 2.21. The first-order valence-electron chi connectivity index (χ1n) is 6.13. The van der Waals surface area contributed by atoms with Gasteiger partial charge in [0.15, 0.2) is 0 Å². The van der Waals surface area contributed by atoms with E-state index in [2.05, 4.69) is 0 Å². The van der Waals surface area contributed by atoms with Crippen LogP contribution in [0, 0.1) is 32.4 Å². The number of benzene rings is 2. The number of rotatable bonds is 2. The van der Waals surface area contributed by atoms with Crippen molar-refractivity contribution in [2.75, 3.05) is 0 Å². The van der Waals surface area contributed by atoms with E-state index in [1.165, 1.54) is 13.0 Å². The molecule has 0 bridgehead atoms. The minimum Gasteiger partial charge on any atom is -0.423 e. The van der Waals surface area contributed by atoms with Crippen LogP contribution in [0.3, 0.4) is 0 Å². The van der Waals surface area contributed by atoms with Crippen LogP contribution in [0.5, 0.6) is 5.75 Å². The van der Waals surface area contributed by atoms with E-state index in [9.17, 15) is 13.6 Å². The summed E-state index contributed by atoms with van der Waals surface area (Å²) >= 11 is 0. The van der Waals surface area contributed by atoms with Crippen LogP contribution in [0.1, 0.15) is 27.0 Å². The number of carbonyl (C=O) groups excluding carboxylic acids is 1. The first-order valence-corrected chi connectivity index (χ1v) is 6.13. The van der Waals surface area contributed by atoms with E-state index in [0.717, 1.165) is 17.2 Å². The first kappa shape index (κ1) is 14.2. The Morgan fingerprint density at radius 1 is 1.00 bits per heavy atom. The molecule has 0 atom stereocenters. The van der Waals surface area contributed by atoms with Gasteiger partial charge in [-0.25, -0.2) is 13.6 Å². The maximum atomic E-state index is 13.8. The van der Waals surface area contributed by atoms with Gasteiger partial charge in [0.2, 0.25) is 0 Å². The fourth-order valence-corrected chi connectivity index (χ4v) is 1.99. The number of ether oxygens (including phenoxy) is 1. The molecule has 0 heterocycles. The van der Waals surface area contributed by atoms with Crippen molar-refractivity contribution in [3.63, 3.8) is 0 Å². The molecule has 104 valence electrons. The molecule has 4 heteroatoms. The van der Waals surface area contributed by atoms with Crippen LogP contribution in [-0.2, 0) is 0 Å². The average molecular weight is 276 g/mol. The molecule has 2 aromatic carbocycles. The number of hydrogen-bond acceptors (Lipinski definition) is 2. The van der Waals surface area contributed by atoms with Crippen molar-refractivity contribution < 1.29 is 18.3 Å². The lowest BCUT2D eigenvalue weighted by atomic mass is 10.1. The molecule has 0 unspecified atom stereocenters. The third kappa shape index (κ3) is 2.85. The Morgan fingerprint density at radius 3 is 2.20 bits per heavy atom. The molecule has 2 rings (SSSR count). The maximum Gasteiger partial charge on any atom is 0.349 e.